The average molecular weight is 309 g/mol. The number of methoxy groups -OCH3 is 2. The Bertz CT molecular complexity index is 501. The highest BCUT2D eigenvalue weighted by Gasteiger charge is 2.16. The lowest BCUT2D eigenvalue weighted by molar-refractivity contribution is 0.0270. The number of nitrogens with zero attached hydrogens (tertiary/aromatic N) is 1. The van der Waals surface area contributed by atoms with Gasteiger partial charge in [0.1, 0.15) is 0 Å². The molecule has 6 nitrogen and oxygen atoms in total. The van der Waals surface area contributed by atoms with E-state index >= 15 is 0 Å². The summed E-state index contributed by atoms with van der Waals surface area (Å²) in [5, 5.41) is 6.45. The van der Waals surface area contributed by atoms with E-state index in [2.05, 4.69) is 15.6 Å². The molecule has 0 saturated carbocycles. The SMILES string of the molecule is CCOc1ccc(NC(=NC)NCC(C)(C)OC)cc1OC. The van der Waals surface area contributed by atoms with Crippen LogP contribution < -0.4 is 20.1 Å². The monoisotopic (exact) mass is 309 g/mol. The zero-order valence-electron chi connectivity index (χ0n) is 14.3. The highest BCUT2D eigenvalue weighted by molar-refractivity contribution is 5.93. The number of nitrogens with one attached hydrogen (secondary N) is 2. The van der Waals surface area contributed by atoms with E-state index in [-0.39, 0.29) is 5.60 Å². The number of hydrogen-bond donors (Lipinski definition) is 2. The fourth-order valence-corrected chi connectivity index (χ4v) is 1.70. The lowest BCUT2D eigenvalue weighted by Gasteiger charge is -2.24. The molecule has 0 bridgehead atoms. The highest BCUT2D eigenvalue weighted by Crippen LogP contribution is 2.30. The third-order valence-electron chi connectivity index (χ3n) is 3.18. The van der Waals surface area contributed by atoms with Crippen LogP contribution in [0.4, 0.5) is 5.69 Å². The Hall–Kier alpha value is -1.95. The Morgan fingerprint density at radius 1 is 1.23 bits per heavy atom. The van der Waals surface area contributed by atoms with E-state index in [0.717, 1.165) is 11.4 Å². The van der Waals surface area contributed by atoms with Crippen LogP contribution in [0.1, 0.15) is 20.8 Å². The van der Waals surface area contributed by atoms with Gasteiger partial charge in [0.05, 0.1) is 19.3 Å². The molecule has 22 heavy (non-hydrogen) atoms. The van der Waals surface area contributed by atoms with Gasteiger partial charge in [0.2, 0.25) is 0 Å². The highest BCUT2D eigenvalue weighted by atomic mass is 16.5. The van der Waals surface area contributed by atoms with Gasteiger partial charge in [0.25, 0.3) is 0 Å². The molecule has 0 aliphatic heterocycles. The van der Waals surface area contributed by atoms with Crippen LogP contribution in [-0.2, 0) is 4.74 Å². The lowest BCUT2D eigenvalue weighted by Crippen LogP contribution is -2.42. The van der Waals surface area contributed by atoms with Crippen molar-refractivity contribution in [2.24, 2.45) is 4.99 Å². The molecular weight excluding hydrogens is 282 g/mol. The van der Waals surface area contributed by atoms with Gasteiger partial charge in [0.15, 0.2) is 17.5 Å². The maximum Gasteiger partial charge on any atom is 0.195 e. The first kappa shape index (κ1) is 18.1. The molecule has 0 aromatic heterocycles. The number of ether oxygens (including phenoxy) is 3. The molecule has 2 N–H and O–H groups in total. The molecule has 0 saturated heterocycles. The maximum atomic E-state index is 5.51. The molecule has 0 aliphatic rings. The first-order valence-corrected chi connectivity index (χ1v) is 7.29. The van der Waals surface area contributed by atoms with E-state index in [4.69, 9.17) is 14.2 Å². The minimum atomic E-state index is -0.270. The van der Waals surface area contributed by atoms with Crippen molar-refractivity contribution in [1.29, 1.82) is 0 Å². The Kier molecular flexibility index (Phi) is 6.98. The molecule has 0 atom stereocenters. The largest absolute Gasteiger partial charge is 0.493 e. The van der Waals surface area contributed by atoms with Crippen LogP contribution >= 0.6 is 0 Å². The number of hydrogen-bond acceptors (Lipinski definition) is 4. The van der Waals surface area contributed by atoms with Crippen LogP contribution in [0, 0.1) is 0 Å². The van der Waals surface area contributed by atoms with Crippen molar-refractivity contribution in [3.05, 3.63) is 18.2 Å². The van der Waals surface area contributed by atoms with Crippen LogP contribution in [-0.4, -0.2) is 46.0 Å². The maximum absolute atomic E-state index is 5.51. The van der Waals surface area contributed by atoms with Gasteiger partial charge < -0.3 is 24.8 Å². The molecule has 1 aromatic rings. The van der Waals surface area contributed by atoms with Gasteiger partial charge in [-0.1, -0.05) is 0 Å². The number of aliphatic imine (C=N–C) groups is 1. The van der Waals surface area contributed by atoms with Gasteiger partial charge in [-0.25, -0.2) is 0 Å². The Balaban J connectivity index is 2.75. The second kappa shape index (κ2) is 8.48. The van der Waals surface area contributed by atoms with E-state index in [1.54, 1.807) is 21.3 Å². The molecule has 0 amide bonds. The molecule has 0 spiro atoms. The quantitative estimate of drug-likeness (QED) is 0.598. The molecule has 1 aromatic carbocycles. The van der Waals surface area contributed by atoms with E-state index in [1.165, 1.54) is 0 Å². The van der Waals surface area contributed by atoms with Gasteiger partial charge in [-0.05, 0) is 32.9 Å². The van der Waals surface area contributed by atoms with Crippen LogP contribution in [0.2, 0.25) is 0 Å². The second-order valence-electron chi connectivity index (χ2n) is 5.31. The van der Waals surface area contributed by atoms with Crippen molar-refractivity contribution in [2.45, 2.75) is 26.4 Å². The number of benzene rings is 1. The summed E-state index contributed by atoms with van der Waals surface area (Å²) in [5.74, 6) is 2.06. The fraction of sp³-hybridized carbons (Fsp3) is 0.562. The Labute approximate surface area is 132 Å². The molecule has 0 unspecified atom stereocenters. The Morgan fingerprint density at radius 2 is 1.95 bits per heavy atom. The van der Waals surface area contributed by atoms with Gasteiger partial charge in [-0.15, -0.1) is 0 Å². The van der Waals surface area contributed by atoms with Crippen molar-refractivity contribution in [2.75, 3.05) is 39.7 Å². The Morgan fingerprint density at radius 3 is 2.50 bits per heavy atom. The van der Waals surface area contributed by atoms with Crippen LogP contribution in [0.15, 0.2) is 23.2 Å². The average Bonchev–Trinajstić information content (AvgIpc) is 2.52. The summed E-state index contributed by atoms with van der Waals surface area (Å²) in [6.07, 6.45) is 0. The molecule has 6 heteroatoms. The van der Waals surface area contributed by atoms with Crippen molar-refractivity contribution in [3.63, 3.8) is 0 Å². The summed E-state index contributed by atoms with van der Waals surface area (Å²) in [6.45, 7) is 7.19. The topological polar surface area (TPSA) is 64.1 Å². The van der Waals surface area contributed by atoms with Crippen LogP contribution in [0.5, 0.6) is 11.5 Å². The van der Waals surface area contributed by atoms with Crippen molar-refractivity contribution in [1.82, 2.24) is 5.32 Å². The summed E-state index contributed by atoms with van der Waals surface area (Å²) < 4.78 is 16.2. The van der Waals surface area contributed by atoms with Gasteiger partial charge in [-0.3, -0.25) is 4.99 Å². The van der Waals surface area contributed by atoms with E-state index in [1.807, 2.05) is 39.0 Å². The molecule has 0 fully saturated rings. The summed E-state index contributed by atoms with van der Waals surface area (Å²) in [5.41, 5.74) is 0.595. The predicted molar refractivity (Wildman–Crippen MR) is 90.2 cm³/mol. The van der Waals surface area contributed by atoms with Crippen LogP contribution in [0.25, 0.3) is 0 Å². The summed E-state index contributed by atoms with van der Waals surface area (Å²) >= 11 is 0. The normalized spacial score (nSPS) is 12.0. The third-order valence-corrected chi connectivity index (χ3v) is 3.18. The minimum Gasteiger partial charge on any atom is -0.493 e. The van der Waals surface area contributed by atoms with E-state index in [0.29, 0.717) is 24.9 Å². The first-order valence-electron chi connectivity index (χ1n) is 7.29. The summed E-state index contributed by atoms with van der Waals surface area (Å²) in [4.78, 5) is 4.20. The summed E-state index contributed by atoms with van der Waals surface area (Å²) in [6, 6.07) is 5.66. The van der Waals surface area contributed by atoms with Gasteiger partial charge >= 0.3 is 0 Å². The van der Waals surface area contributed by atoms with Crippen LogP contribution in [0.3, 0.4) is 0 Å². The van der Waals surface area contributed by atoms with Gasteiger partial charge in [-0.2, -0.15) is 0 Å². The molecular formula is C16H27N3O3. The zero-order valence-corrected chi connectivity index (χ0v) is 14.3. The smallest absolute Gasteiger partial charge is 0.195 e. The first-order chi connectivity index (χ1) is 10.5. The molecule has 0 radical (unpaired) electrons. The standard InChI is InChI=1S/C16H27N3O3/c1-7-22-13-9-8-12(10-14(13)20-5)19-15(17-4)18-11-16(2,3)21-6/h8-10H,7,11H2,1-6H3,(H2,17,18,19). The summed E-state index contributed by atoms with van der Waals surface area (Å²) in [7, 11) is 5.03. The van der Waals surface area contributed by atoms with E-state index in [9.17, 15) is 0 Å². The lowest BCUT2D eigenvalue weighted by atomic mass is 10.1. The van der Waals surface area contributed by atoms with Crippen molar-refractivity contribution < 1.29 is 14.2 Å². The molecule has 1 rings (SSSR count). The predicted octanol–water partition coefficient (Wildman–Crippen LogP) is 2.51. The number of rotatable bonds is 7. The second-order valence-corrected chi connectivity index (χ2v) is 5.31. The zero-order chi connectivity index (χ0) is 16.6. The molecule has 124 valence electrons. The van der Waals surface area contributed by atoms with Crippen molar-refractivity contribution >= 4 is 11.6 Å². The third kappa shape index (κ3) is 5.44. The van der Waals surface area contributed by atoms with Gasteiger partial charge in [0, 0.05) is 32.5 Å². The number of anilines is 1. The van der Waals surface area contributed by atoms with Crippen molar-refractivity contribution in [3.8, 4) is 11.5 Å². The molecule has 0 aliphatic carbocycles. The fourth-order valence-electron chi connectivity index (χ4n) is 1.70. The minimum absolute atomic E-state index is 0.270. The molecule has 0 heterocycles. The van der Waals surface area contributed by atoms with E-state index < -0.39 is 0 Å². The number of guanidine groups is 1.